The van der Waals surface area contributed by atoms with Crippen molar-refractivity contribution in [3.05, 3.63) is 53.3 Å². The Hall–Kier alpha value is -2.11. The van der Waals surface area contributed by atoms with Gasteiger partial charge < -0.3 is 19.3 Å². The van der Waals surface area contributed by atoms with Gasteiger partial charge in [-0.1, -0.05) is 58.2 Å². The zero-order valence-corrected chi connectivity index (χ0v) is 18.6. The van der Waals surface area contributed by atoms with E-state index >= 15 is 0 Å². The molecule has 0 aliphatic heterocycles. The van der Waals surface area contributed by atoms with E-state index in [4.69, 9.17) is 14.2 Å². The van der Waals surface area contributed by atoms with Crippen molar-refractivity contribution in [2.45, 2.75) is 71.5 Å². The number of allylic oxidation sites excluding steroid dienone is 1. The van der Waals surface area contributed by atoms with E-state index in [9.17, 15) is 9.90 Å². The number of Topliss-reactive ketones (excluding diaryl/α,β-unsaturated/α-hetero) is 1. The summed E-state index contributed by atoms with van der Waals surface area (Å²) in [6.07, 6.45) is 9.88. The van der Waals surface area contributed by atoms with Gasteiger partial charge in [-0.25, -0.2) is 0 Å². The highest BCUT2D eigenvalue weighted by molar-refractivity contribution is 6.12. The largest absolute Gasteiger partial charge is 0.507 e. The maximum absolute atomic E-state index is 13.2. The van der Waals surface area contributed by atoms with Crippen molar-refractivity contribution < 1.29 is 24.1 Å². The van der Waals surface area contributed by atoms with Gasteiger partial charge in [-0.2, -0.15) is 0 Å². The first-order chi connectivity index (χ1) is 14.6. The smallest absolute Gasteiger partial charge is 0.200 e. The van der Waals surface area contributed by atoms with Gasteiger partial charge >= 0.3 is 0 Å². The van der Waals surface area contributed by atoms with E-state index in [0.717, 1.165) is 38.5 Å². The fourth-order valence-corrected chi connectivity index (χ4v) is 3.16. The maximum atomic E-state index is 13.2. The molecule has 5 heteroatoms. The van der Waals surface area contributed by atoms with Crippen molar-refractivity contribution in [3.8, 4) is 5.75 Å². The molecule has 0 saturated heterocycles. The molecular formula is C25H36O5. The predicted octanol–water partition coefficient (Wildman–Crippen LogP) is 5.94. The van der Waals surface area contributed by atoms with Crippen LogP contribution >= 0.6 is 0 Å². The minimum absolute atomic E-state index is 0.0356. The van der Waals surface area contributed by atoms with Crippen molar-refractivity contribution in [2.75, 3.05) is 19.8 Å². The monoisotopic (exact) mass is 416 g/mol. The lowest BCUT2D eigenvalue weighted by Gasteiger charge is -2.34. The quantitative estimate of drug-likeness (QED) is 0.231. The van der Waals surface area contributed by atoms with Crippen LogP contribution < -0.4 is 0 Å². The summed E-state index contributed by atoms with van der Waals surface area (Å²) < 4.78 is 18.4. The Morgan fingerprint density at radius 2 is 1.57 bits per heavy atom. The number of carbonyl (C=O) groups excluding carboxylic acids is 1. The maximum Gasteiger partial charge on any atom is 0.200 e. The van der Waals surface area contributed by atoms with Gasteiger partial charge in [0.05, 0.1) is 31.0 Å². The molecule has 0 spiro atoms. The highest BCUT2D eigenvalue weighted by Gasteiger charge is 2.36. The number of para-hydroxylation sites is 1. The van der Waals surface area contributed by atoms with Crippen LogP contribution in [0.3, 0.4) is 0 Å². The number of hydrogen-bond donors (Lipinski definition) is 1. The van der Waals surface area contributed by atoms with E-state index < -0.39 is 5.79 Å². The molecule has 0 aromatic heterocycles. The van der Waals surface area contributed by atoms with Crippen LogP contribution in [0, 0.1) is 0 Å². The van der Waals surface area contributed by atoms with E-state index in [1.165, 1.54) is 6.07 Å². The minimum Gasteiger partial charge on any atom is -0.507 e. The average molecular weight is 417 g/mol. The van der Waals surface area contributed by atoms with E-state index in [-0.39, 0.29) is 17.1 Å². The molecule has 0 atom stereocenters. The molecule has 2 rings (SSSR count). The van der Waals surface area contributed by atoms with Crippen LogP contribution in [-0.2, 0) is 14.2 Å². The van der Waals surface area contributed by atoms with Crippen LogP contribution in [0.5, 0.6) is 5.75 Å². The van der Waals surface area contributed by atoms with Crippen LogP contribution in [0.4, 0.5) is 0 Å². The molecule has 1 aromatic rings. The molecule has 0 fully saturated rings. The van der Waals surface area contributed by atoms with Gasteiger partial charge in [0.1, 0.15) is 11.5 Å². The zero-order chi connectivity index (χ0) is 21.8. The van der Waals surface area contributed by atoms with Crippen LogP contribution in [0.25, 0.3) is 0 Å². The topological polar surface area (TPSA) is 65.0 Å². The van der Waals surface area contributed by atoms with Gasteiger partial charge in [0.25, 0.3) is 0 Å². The van der Waals surface area contributed by atoms with Crippen molar-refractivity contribution in [3.63, 3.8) is 0 Å². The van der Waals surface area contributed by atoms with Gasteiger partial charge in [0, 0.05) is 12.5 Å². The van der Waals surface area contributed by atoms with Crippen LogP contribution in [0.15, 0.2) is 47.7 Å². The van der Waals surface area contributed by atoms with E-state index in [1.807, 2.05) is 12.2 Å². The van der Waals surface area contributed by atoms with E-state index in [2.05, 4.69) is 20.8 Å². The third kappa shape index (κ3) is 6.71. The summed E-state index contributed by atoms with van der Waals surface area (Å²) in [7, 11) is 0. The molecule has 1 aliphatic rings. The number of unbranched alkanes of at least 4 members (excludes halogenated alkanes) is 3. The number of carbonyl (C=O) groups is 1. The lowest BCUT2D eigenvalue weighted by molar-refractivity contribution is -0.205. The van der Waals surface area contributed by atoms with Gasteiger partial charge in [0.2, 0.25) is 0 Å². The third-order valence-electron chi connectivity index (χ3n) is 5.04. The Morgan fingerprint density at radius 1 is 0.967 bits per heavy atom. The van der Waals surface area contributed by atoms with Gasteiger partial charge in [-0.05, 0) is 31.4 Å². The molecule has 5 nitrogen and oxygen atoms in total. The van der Waals surface area contributed by atoms with E-state index in [0.29, 0.717) is 37.6 Å². The molecule has 0 heterocycles. The lowest BCUT2D eigenvalue weighted by Crippen LogP contribution is -2.37. The molecule has 1 N–H and O–H groups in total. The number of aromatic hydroxyl groups is 1. The second-order valence-electron chi connectivity index (χ2n) is 7.59. The summed E-state index contributed by atoms with van der Waals surface area (Å²) in [5.74, 6) is -0.747. The first-order valence-corrected chi connectivity index (χ1v) is 11.2. The minimum atomic E-state index is -0.922. The first kappa shape index (κ1) is 24.2. The second kappa shape index (κ2) is 12.6. The normalized spacial score (nSPS) is 15.4. The number of phenolic OH excluding ortho intramolecular Hbond substituents is 1. The van der Waals surface area contributed by atoms with Crippen molar-refractivity contribution in [1.82, 2.24) is 0 Å². The number of phenols is 1. The Balaban J connectivity index is 2.31. The highest BCUT2D eigenvalue weighted by atomic mass is 16.7. The van der Waals surface area contributed by atoms with Gasteiger partial charge in [-0.15, -0.1) is 0 Å². The third-order valence-corrected chi connectivity index (χ3v) is 5.04. The molecule has 0 amide bonds. The fraction of sp³-hybridized carbons (Fsp3) is 0.560. The lowest BCUT2D eigenvalue weighted by atomic mass is 9.93. The molecule has 0 radical (unpaired) electrons. The SMILES string of the molecule is CCCCOC1=CC(OCCCC)(OCCCC)CC=C1C(=O)c1ccccc1O. The molecule has 30 heavy (non-hydrogen) atoms. The summed E-state index contributed by atoms with van der Waals surface area (Å²) in [5.41, 5.74) is 0.710. The van der Waals surface area contributed by atoms with Crippen LogP contribution in [0.1, 0.15) is 76.1 Å². The fourth-order valence-electron chi connectivity index (χ4n) is 3.16. The predicted molar refractivity (Wildman–Crippen MR) is 119 cm³/mol. The number of rotatable bonds is 14. The second-order valence-corrected chi connectivity index (χ2v) is 7.59. The molecular weight excluding hydrogens is 380 g/mol. The number of ketones is 1. The Bertz CT molecular complexity index is 725. The average Bonchev–Trinajstić information content (AvgIpc) is 2.74. The summed E-state index contributed by atoms with van der Waals surface area (Å²) >= 11 is 0. The summed E-state index contributed by atoms with van der Waals surface area (Å²) in [6, 6.07) is 6.58. The molecule has 0 bridgehead atoms. The number of ether oxygens (including phenoxy) is 3. The molecule has 1 aromatic carbocycles. The van der Waals surface area contributed by atoms with Crippen molar-refractivity contribution in [1.29, 1.82) is 0 Å². The van der Waals surface area contributed by atoms with Crippen LogP contribution in [0.2, 0.25) is 0 Å². The summed E-state index contributed by atoms with van der Waals surface area (Å²) in [5, 5.41) is 10.1. The molecule has 0 saturated carbocycles. The first-order valence-electron chi connectivity index (χ1n) is 11.2. The van der Waals surface area contributed by atoms with Gasteiger partial charge in [0.15, 0.2) is 11.6 Å². The standard InChI is InChI=1S/C25H36O5/c1-4-7-16-28-23-19-25(29-17-8-5-2,30-18-9-6-3)15-14-21(23)24(27)20-12-10-11-13-22(20)26/h10-14,19,26H,4-9,15-18H2,1-3H3. The highest BCUT2D eigenvalue weighted by Crippen LogP contribution is 2.34. The summed E-state index contributed by atoms with van der Waals surface area (Å²) in [4.78, 5) is 13.2. The molecule has 0 unspecified atom stereocenters. The van der Waals surface area contributed by atoms with Crippen molar-refractivity contribution >= 4 is 5.78 Å². The Labute approximate surface area is 180 Å². The molecule has 166 valence electrons. The Kier molecular flexibility index (Phi) is 10.1. The summed E-state index contributed by atoms with van der Waals surface area (Å²) in [6.45, 7) is 8.00. The van der Waals surface area contributed by atoms with Crippen molar-refractivity contribution in [2.24, 2.45) is 0 Å². The zero-order valence-electron chi connectivity index (χ0n) is 18.6. The number of benzene rings is 1. The molecule has 1 aliphatic carbocycles. The number of hydrogen-bond acceptors (Lipinski definition) is 5. The van der Waals surface area contributed by atoms with E-state index in [1.54, 1.807) is 18.2 Å². The van der Waals surface area contributed by atoms with Crippen LogP contribution in [-0.4, -0.2) is 36.5 Å². The van der Waals surface area contributed by atoms with Gasteiger partial charge in [-0.3, -0.25) is 4.79 Å². The Morgan fingerprint density at radius 3 is 2.17 bits per heavy atom.